The highest BCUT2D eigenvalue weighted by Gasteiger charge is 2.16. The zero-order chi connectivity index (χ0) is 14.1. The number of fused-ring (bicyclic) bond motifs is 1. The third-order valence-corrected chi connectivity index (χ3v) is 3.68. The Kier molecular flexibility index (Phi) is 3.18. The van der Waals surface area contributed by atoms with Gasteiger partial charge in [0.2, 0.25) is 0 Å². The highest BCUT2D eigenvalue weighted by atomic mass is 16.5. The van der Waals surface area contributed by atoms with Gasteiger partial charge < -0.3 is 10.5 Å². The quantitative estimate of drug-likeness (QED) is 0.864. The average molecular weight is 271 g/mol. The summed E-state index contributed by atoms with van der Waals surface area (Å²) >= 11 is 0. The molecule has 0 spiro atoms. The normalized spacial score (nSPS) is 13.2. The molecular formula is C15H17N3O2. The predicted octanol–water partition coefficient (Wildman–Crippen LogP) is 1.79. The van der Waals surface area contributed by atoms with Crippen LogP contribution in [0, 0.1) is 0 Å². The van der Waals surface area contributed by atoms with Crippen LogP contribution in [0.15, 0.2) is 24.4 Å². The van der Waals surface area contributed by atoms with E-state index in [2.05, 4.69) is 28.0 Å². The molecule has 0 unspecified atom stereocenters. The number of carbonyl (C=O) groups excluding carboxylic acids is 1. The maximum atomic E-state index is 11.5. The van der Waals surface area contributed by atoms with Crippen LogP contribution in [0.5, 0.6) is 0 Å². The molecule has 2 N–H and O–H groups in total. The molecule has 1 heterocycles. The van der Waals surface area contributed by atoms with Gasteiger partial charge >= 0.3 is 5.97 Å². The molecule has 1 aromatic heterocycles. The van der Waals surface area contributed by atoms with Crippen LogP contribution in [0.3, 0.4) is 0 Å². The van der Waals surface area contributed by atoms with Crippen molar-refractivity contribution in [2.45, 2.75) is 25.8 Å². The minimum absolute atomic E-state index is 0.175. The molecule has 0 aliphatic heterocycles. The summed E-state index contributed by atoms with van der Waals surface area (Å²) in [5, 5.41) is 4.19. The minimum Gasteiger partial charge on any atom is -0.464 e. The van der Waals surface area contributed by atoms with E-state index in [9.17, 15) is 4.79 Å². The van der Waals surface area contributed by atoms with E-state index in [1.165, 1.54) is 36.6 Å². The summed E-state index contributed by atoms with van der Waals surface area (Å²) in [7, 11) is 1.32. The third kappa shape index (κ3) is 2.27. The highest BCUT2D eigenvalue weighted by Crippen LogP contribution is 2.23. The van der Waals surface area contributed by atoms with Crippen LogP contribution in [0.4, 0.5) is 5.69 Å². The lowest BCUT2D eigenvalue weighted by molar-refractivity contribution is 0.0594. The zero-order valence-electron chi connectivity index (χ0n) is 11.4. The molecule has 1 aliphatic rings. The number of nitrogen functional groups attached to an aromatic ring is 1. The van der Waals surface area contributed by atoms with E-state index in [0.29, 0.717) is 12.2 Å². The molecular weight excluding hydrogens is 254 g/mol. The van der Waals surface area contributed by atoms with Crippen LogP contribution in [0.2, 0.25) is 0 Å². The van der Waals surface area contributed by atoms with E-state index in [1.54, 1.807) is 10.9 Å². The molecule has 5 nitrogen and oxygen atoms in total. The summed E-state index contributed by atoms with van der Waals surface area (Å²) in [6.45, 7) is 0.606. The first-order valence-electron chi connectivity index (χ1n) is 6.69. The van der Waals surface area contributed by atoms with Gasteiger partial charge in [-0.2, -0.15) is 5.10 Å². The second-order valence-electron chi connectivity index (χ2n) is 5.08. The van der Waals surface area contributed by atoms with Crippen LogP contribution in [0.1, 0.15) is 33.6 Å². The van der Waals surface area contributed by atoms with E-state index >= 15 is 0 Å². The fourth-order valence-electron chi connectivity index (χ4n) is 2.68. The van der Waals surface area contributed by atoms with Crippen LogP contribution < -0.4 is 5.73 Å². The van der Waals surface area contributed by atoms with Crippen molar-refractivity contribution in [3.05, 3.63) is 46.8 Å². The lowest BCUT2D eigenvalue weighted by Crippen LogP contribution is -2.07. The molecule has 20 heavy (non-hydrogen) atoms. The van der Waals surface area contributed by atoms with Crippen molar-refractivity contribution in [3.63, 3.8) is 0 Å². The molecule has 0 amide bonds. The van der Waals surface area contributed by atoms with Crippen LogP contribution in [-0.2, 0) is 24.1 Å². The Morgan fingerprint density at radius 3 is 3.00 bits per heavy atom. The SMILES string of the molecule is COC(=O)c1nn(Cc2ccc3c(c2)CCC3)cc1N. The molecule has 0 saturated heterocycles. The van der Waals surface area contributed by atoms with Crippen molar-refractivity contribution >= 4 is 11.7 Å². The van der Waals surface area contributed by atoms with Crippen LogP contribution in [0.25, 0.3) is 0 Å². The van der Waals surface area contributed by atoms with Gasteiger partial charge in [0.25, 0.3) is 0 Å². The topological polar surface area (TPSA) is 70.1 Å². The minimum atomic E-state index is -0.504. The molecule has 3 rings (SSSR count). The van der Waals surface area contributed by atoms with E-state index in [0.717, 1.165) is 6.42 Å². The van der Waals surface area contributed by atoms with Gasteiger partial charge in [0.05, 0.1) is 19.3 Å². The number of anilines is 1. The van der Waals surface area contributed by atoms with Gasteiger partial charge in [0.15, 0.2) is 5.69 Å². The van der Waals surface area contributed by atoms with Gasteiger partial charge in [0.1, 0.15) is 0 Å². The molecule has 1 aliphatic carbocycles. The molecule has 0 radical (unpaired) electrons. The Bertz CT molecular complexity index is 661. The Hall–Kier alpha value is -2.30. The molecule has 104 valence electrons. The van der Waals surface area contributed by atoms with Gasteiger partial charge in [-0.15, -0.1) is 0 Å². The summed E-state index contributed by atoms with van der Waals surface area (Å²) < 4.78 is 6.33. The van der Waals surface area contributed by atoms with Crippen molar-refractivity contribution in [2.24, 2.45) is 0 Å². The molecule has 0 saturated carbocycles. The van der Waals surface area contributed by atoms with Crippen LogP contribution in [-0.4, -0.2) is 22.9 Å². The first-order chi connectivity index (χ1) is 9.67. The molecule has 0 fully saturated rings. The third-order valence-electron chi connectivity index (χ3n) is 3.68. The maximum absolute atomic E-state index is 11.5. The van der Waals surface area contributed by atoms with Crippen molar-refractivity contribution in [2.75, 3.05) is 12.8 Å². The summed E-state index contributed by atoms with van der Waals surface area (Å²) in [4.78, 5) is 11.5. The predicted molar refractivity (Wildman–Crippen MR) is 75.5 cm³/mol. The lowest BCUT2D eigenvalue weighted by Gasteiger charge is -2.05. The Labute approximate surface area is 117 Å². The number of aryl methyl sites for hydroxylation is 2. The second kappa shape index (κ2) is 5.00. The molecule has 1 aromatic carbocycles. The van der Waals surface area contributed by atoms with Crippen molar-refractivity contribution in [1.82, 2.24) is 9.78 Å². The highest BCUT2D eigenvalue weighted by molar-refractivity contribution is 5.92. The van der Waals surface area contributed by atoms with E-state index in [1.807, 2.05) is 0 Å². The number of carbonyl (C=O) groups is 1. The number of rotatable bonds is 3. The van der Waals surface area contributed by atoms with E-state index < -0.39 is 5.97 Å². The summed E-state index contributed by atoms with van der Waals surface area (Å²) in [6, 6.07) is 6.52. The van der Waals surface area contributed by atoms with Gasteiger partial charge in [0, 0.05) is 6.20 Å². The van der Waals surface area contributed by atoms with E-state index in [-0.39, 0.29) is 5.69 Å². The summed E-state index contributed by atoms with van der Waals surface area (Å²) in [5.41, 5.74) is 10.3. The Balaban J connectivity index is 1.83. The van der Waals surface area contributed by atoms with Gasteiger partial charge in [-0.05, 0) is 36.0 Å². The van der Waals surface area contributed by atoms with Gasteiger partial charge in [-0.25, -0.2) is 4.79 Å². The van der Waals surface area contributed by atoms with Crippen molar-refractivity contribution in [1.29, 1.82) is 0 Å². The first-order valence-corrected chi connectivity index (χ1v) is 6.69. The standard InChI is InChI=1S/C15H17N3O2/c1-20-15(19)14-13(16)9-18(17-14)8-10-5-6-11-3-2-4-12(11)7-10/h5-7,9H,2-4,8,16H2,1H3. The summed E-state index contributed by atoms with van der Waals surface area (Å²) in [6.07, 6.45) is 5.23. The lowest BCUT2D eigenvalue weighted by atomic mass is 10.1. The number of benzene rings is 1. The zero-order valence-corrected chi connectivity index (χ0v) is 11.4. The average Bonchev–Trinajstić information content (AvgIpc) is 3.04. The number of nitrogens with zero attached hydrogens (tertiary/aromatic N) is 2. The fourth-order valence-corrected chi connectivity index (χ4v) is 2.68. The monoisotopic (exact) mass is 271 g/mol. The van der Waals surface area contributed by atoms with Crippen LogP contribution >= 0.6 is 0 Å². The van der Waals surface area contributed by atoms with Crippen molar-refractivity contribution < 1.29 is 9.53 Å². The Morgan fingerprint density at radius 2 is 2.20 bits per heavy atom. The first kappa shape index (κ1) is 12.7. The second-order valence-corrected chi connectivity index (χ2v) is 5.08. The van der Waals surface area contributed by atoms with Gasteiger partial charge in [-0.1, -0.05) is 18.2 Å². The summed E-state index contributed by atoms with van der Waals surface area (Å²) in [5.74, 6) is -0.504. The number of esters is 1. The molecule has 5 heteroatoms. The molecule has 0 bridgehead atoms. The van der Waals surface area contributed by atoms with Gasteiger partial charge in [-0.3, -0.25) is 4.68 Å². The Morgan fingerprint density at radius 1 is 1.40 bits per heavy atom. The molecule has 0 atom stereocenters. The van der Waals surface area contributed by atoms with Crippen molar-refractivity contribution in [3.8, 4) is 0 Å². The number of ether oxygens (including phenoxy) is 1. The number of aromatic nitrogens is 2. The number of methoxy groups -OCH3 is 1. The number of nitrogens with two attached hydrogens (primary N) is 1. The molecule has 2 aromatic rings. The number of hydrogen-bond acceptors (Lipinski definition) is 4. The van der Waals surface area contributed by atoms with E-state index in [4.69, 9.17) is 5.73 Å². The number of hydrogen-bond donors (Lipinski definition) is 1. The smallest absolute Gasteiger partial charge is 0.360 e. The largest absolute Gasteiger partial charge is 0.464 e. The maximum Gasteiger partial charge on any atom is 0.360 e. The fraction of sp³-hybridized carbons (Fsp3) is 0.333.